The predicted molar refractivity (Wildman–Crippen MR) is 354 cm³/mol. The molecule has 0 heterocycles. The maximum Gasteiger partial charge on any atom is 0.472 e. The first kappa shape index (κ1) is 86.1. The number of hydrogen-bond acceptors (Lipinski definition) is 15. The molecule has 0 aromatic rings. The van der Waals surface area contributed by atoms with Crippen LogP contribution in [0.3, 0.4) is 0 Å². The van der Waals surface area contributed by atoms with Crippen molar-refractivity contribution in [1.82, 2.24) is 0 Å². The first-order chi connectivity index (χ1) is 42.1. The molecule has 522 valence electrons. The standard InChI is InChI=1S/C69H134O17P2/c1-9-62(8)48-40-32-27-28-34-42-50-67(72)80-56-65(85-68(73)51-43-35-25-17-15-13-11-10-12-14-16-21-29-37-45-59(2)3)58-84-88(77,78)82-54-63(70)53-81-87(75,76)83-57-64(86-69(74)52-44-36-26-20-23-31-39-47-61(6)7)55-79-66(71)49-41-33-24-19-18-22-30-38-46-60(4)5/h59-65,70H,9-58H2,1-8H3,(H,75,76)(H,77,78)/t62?,63?,64-,65-/m1/s1. The molecule has 0 aliphatic carbocycles. The van der Waals surface area contributed by atoms with Gasteiger partial charge in [-0.1, -0.05) is 287 Å². The summed E-state index contributed by atoms with van der Waals surface area (Å²) in [4.78, 5) is 72.4. The molecule has 0 aromatic carbocycles. The molecule has 3 N–H and O–H groups in total. The summed E-state index contributed by atoms with van der Waals surface area (Å²) >= 11 is 0. The summed E-state index contributed by atoms with van der Waals surface area (Å²) in [6.45, 7) is 14.0. The van der Waals surface area contributed by atoms with Crippen LogP contribution in [-0.2, 0) is 65.4 Å². The van der Waals surface area contributed by atoms with Crippen molar-refractivity contribution in [3.8, 4) is 0 Å². The number of phosphoric ester groups is 2. The van der Waals surface area contributed by atoms with Crippen LogP contribution >= 0.6 is 15.6 Å². The van der Waals surface area contributed by atoms with Gasteiger partial charge in [0.15, 0.2) is 12.2 Å². The number of aliphatic hydroxyl groups is 1. The lowest BCUT2D eigenvalue weighted by molar-refractivity contribution is -0.161. The highest BCUT2D eigenvalue weighted by Gasteiger charge is 2.30. The quantitative estimate of drug-likeness (QED) is 0.0222. The van der Waals surface area contributed by atoms with Crippen LogP contribution in [0.5, 0.6) is 0 Å². The van der Waals surface area contributed by atoms with Crippen LogP contribution in [0, 0.1) is 23.7 Å². The molecule has 17 nitrogen and oxygen atoms in total. The van der Waals surface area contributed by atoms with Crippen LogP contribution in [0.25, 0.3) is 0 Å². The SMILES string of the molecule is CCC(C)CCCCCCCCC(=O)OC[C@H](COP(=O)(O)OCC(O)COP(=O)(O)OC[C@@H](COC(=O)CCCCCCCCCCC(C)C)OC(=O)CCCCCCCCCC(C)C)OC(=O)CCCCCCCCCCCCCCCCC(C)C. The Balaban J connectivity index is 5.23. The van der Waals surface area contributed by atoms with Crippen LogP contribution < -0.4 is 0 Å². The predicted octanol–water partition coefficient (Wildman–Crippen LogP) is 19.3. The summed E-state index contributed by atoms with van der Waals surface area (Å²) in [5, 5.41) is 10.6. The highest BCUT2D eigenvalue weighted by molar-refractivity contribution is 7.47. The lowest BCUT2D eigenvalue weighted by Gasteiger charge is -2.21. The van der Waals surface area contributed by atoms with E-state index in [-0.39, 0.29) is 25.7 Å². The van der Waals surface area contributed by atoms with Crippen molar-refractivity contribution in [2.75, 3.05) is 39.6 Å². The highest BCUT2D eigenvalue weighted by Crippen LogP contribution is 2.45. The second-order valence-electron chi connectivity index (χ2n) is 26.6. The molecule has 0 spiro atoms. The molecule has 0 bridgehead atoms. The maximum atomic E-state index is 13.0. The van der Waals surface area contributed by atoms with E-state index in [0.29, 0.717) is 31.6 Å². The fraction of sp³-hybridized carbons (Fsp3) is 0.942. The van der Waals surface area contributed by atoms with Gasteiger partial charge in [-0.25, -0.2) is 9.13 Å². The molecule has 19 heteroatoms. The number of hydrogen-bond donors (Lipinski definition) is 3. The second kappa shape index (κ2) is 58.8. The van der Waals surface area contributed by atoms with Gasteiger partial charge < -0.3 is 33.8 Å². The van der Waals surface area contributed by atoms with E-state index in [9.17, 15) is 43.2 Å². The molecule has 4 unspecified atom stereocenters. The zero-order valence-electron chi connectivity index (χ0n) is 57.3. The third-order valence-corrected chi connectivity index (χ3v) is 18.1. The molecule has 0 fully saturated rings. The third kappa shape index (κ3) is 61.6. The van der Waals surface area contributed by atoms with Crippen LogP contribution in [0.15, 0.2) is 0 Å². The van der Waals surface area contributed by atoms with Crippen molar-refractivity contribution in [2.24, 2.45) is 23.7 Å². The Morgan fingerprint density at radius 3 is 0.807 bits per heavy atom. The van der Waals surface area contributed by atoms with Gasteiger partial charge in [0.1, 0.15) is 19.3 Å². The molecule has 0 radical (unpaired) electrons. The fourth-order valence-electron chi connectivity index (χ4n) is 10.3. The lowest BCUT2D eigenvalue weighted by Crippen LogP contribution is -2.30. The molecule has 0 saturated carbocycles. The van der Waals surface area contributed by atoms with E-state index in [1.54, 1.807) is 0 Å². The number of carbonyl (C=O) groups excluding carboxylic acids is 4. The largest absolute Gasteiger partial charge is 0.472 e. The van der Waals surface area contributed by atoms with Crippen LogP contribution in [0.4, 0.5) is 0 Å². The van der Waals surface area contributed by atoms with Crippen LogP contribution in [-0.4, -0.2) is 96.7 Å². The number of phosphoric acid groups is 2. The Labute approximate surface area is 537 Å². The van der Waals surface area contributed by atoms with E-state index in [0.717, 1.165) is 114 Å². The van der Waals surface area contributed by atoms with Crippen molar-refractivity contribution >= 4 is 39.5 Å². The van der Waals surface area contributed by atoms with Gasteiger partial charge >= 0.3 is 39.5 Å². The topological polar surface area (TPSA) is 237 Å². The van der Waals surface area contributed by atoms with Gasteiger partial charge in [0.05, 0.1) is 26.4 Å². The second-order valence-corrected chi connectivity index (χ2v) is 29.5. The Kier molecular flexibility index (Phi) is 57.6. The molecule has 88 heavy (non-hydrogen) atoms. The fourth-order valence-corrected chi connectivity index (χ4v) is 11.9. The van der Waals surface area contributed by atoms with E-state index in [1.807, 2.05) is 0 Å². The number of aliphatic hydroxyl groups excluding tert-OH is 1. The van der Waals surface area contributed by atoms with E-state index in [4.69, 9.17) is 37.0 Å². The molecule has 0 rings (SSSR count). The summed E-state index contributed by atoms with van der Waals surface area (Å²) < 4.78 is 68.2. The highest BCUT2D eigenvalue weighted by atomic mass is 31.2. The number of rotatable bonds is 66. The average Bonchev–Trinajstić information content (AvgIpc) is 3.59. The Morgan fingerprint density at radius 2 is 0.545 bits per heavy atom. The Bertz CT molecular complexity index is 1750. The van der Waals surface area contributed by atoms with Crippen LogP contribution in [0.1, 0.15) is 338 Å². The Morgan fingerprint density at radius 1 is 0.318 bits per heavy atom. The van der Waals surface area contributed by atoms with Crippen molar-refractivity contribution in [3.05, 3.63) is 0 Å². The summed E-state index contributed by atoms with van der Waals surface area (Å²) in [7, 11) is -9.90. The summed E-state index contributed by atoms with van der Waals surface area (Å²) in [6.07, 6.45) is 40.5. The molecule has 0 aliphatic rings. The minimum atomic E-state index is -4.95. The van der Waals surface area contributed by atoms with Gasteiger partial charge in [-0.05, 0) is 49.4 Å². The zero-order chi connectivity index (χ0) is 65.4. The number of carbonyl (C=O) groups is 4. The van der Waals surface area contributed by atoms with Crippen LogP contribution in [0.2, 0.25) is 0 Å². The summed E-state index contributed by atoms with van der Waals surface area (Å²) in [6, 6.07) is 0. The molecule has 0 aliphatic heterocycles. The van der Waals surface area contributed by atoms with Gasteiger partial charge in [-0.3, -0.25) is 37.3 Å². The Hall–Kier alpha value is -1.94. The van der Waals surface area contributed by atoms with Gasteiger partial charge in [-0.2, -0.15) is 0 Å². The molecule has 0 saturated heterocycles. The number of unbranched alkanes of at least 4 members (excludes halogenated alkanes) is 31. The van der Waals surface area contributed by atoms with Crippen molar-refractivity contribution in [2.45, 2.75) is 356 Å². The number of ether oxygens (including phenoxy) is 4. The smallest absolute Gasteiger partial charge is 0.462 e. The molecule has 0 amide bonds. The lowest BCUT2D eigenvalue weighted by atomic mass is 10.00. The first-order valence-electron chi connectivity index (χ1n) is 35.7. The summed E-state index contributed by atoms with van der Waals surface area (Å²) in [5.41, 5.74) is 0. The van der Waals surface area contributed by atoms with E-state index < -0.39 is 97.5 Å². The molecule has 6 atom stereocenters. The number of esters is 4. The monoisotopic (exact) mass is 1300 g/mol. The van der Waals surface area contributed by atoms with Crippen molar-refractivity contribution in [3.63, 3.8) is 0 Å². The first-order valence-corrected chi connectivity index (χ1v) is 38.7. The van der Waals surface area contributed by atoms with E-state index >= 15 is 0 Å². The van der Waals surface area contributed by atoms with Gasteiger partial charge in [0.25, 0.3) is 0 Å². The zero-order valence-corrected chi connectivity index (χ0v) is 59.1. The summed E-state index contributed by atoms with van der Waals surface area (Å²) in [5.74, 6) is 0.814. The molecule has 0 aromatic heterocycles. The van der Waals surface area contributed by atoms with E-state index in [1.165, 1.54) is 135 Å². The van der Waals surface area contributed by atoms with Gasteiger partial charge in [-0.15, -0.1) is 0 Å². The molecular weight excluding hydrogens is 1160 g/mol. The van der Waals surface area contributed by atoms with Gasteiger partial charge in [0, 0.05) is 25.7 Å². The molecular formula is C69H134O17P2. The van der Waals surface area contributed by atoms with Crippen molar-refractivity contribution in [1.29, 1.82) is 0 Å². The third-order valence-electron chi connectivity index (χ3n) is 16.2. The minimum Gasteiger partial charge on any atom is -0.462 e. The van der Waals surface area contributed by atoms with Crippen molar-refractivity contribution < 1.29 is 80.2 Å². The maximum absolute atomic E-state index is 13.0. The average molecular weight is 1300 g/mol. The minimum absolute atomic E-state index is 0.102. The van der Waals surface area contributed by atoms with Gasteiger partial charge in [0.2, 0.25) is 0 Å². The van der Waals surface area contributed by atoms with E-state index in [2.05, 4.69) is 55.4 Å². The normalized spacial score (nSPS) is 14.6.